The molecule has 0 bridgehead atoms. The Morgan fingerprint density at radius 1 is 1.07 bits per heavy atom. The molecular formula is C23H28N2O2. The van der Waals surface area contributed by atoms with Gasteiger partial charge < -0.3 is 15.0 Å². The molecule has 1 amide bonds. The number of hydrogen-bond donors (Lipinski definition) is 1. The number of nitrogens with zero attached hydrogens (tertiary/aromatic N) is 1. The van der Waals surface area contributed by atoms with Crippen LogP contribution in [0.25, 0.3) is 0 Å². The van der Waals surface area contributed by atoms with Crippen LogP contribution in [-0.2, 0) is 10.2 Å². The number of amides is 1. The van der Waals surface area contributed by atoms with Crippen LogP contribution in [0.2, 0.25) is 0 Å². The number of likely N-dealkylation sites (tertiary alicyclic amines) is 1. The molecule has 2 aromatic carbocycles. The Kier molecular flexibility index (Phi) is 5.17. The molecule has 142 valence electrons. The summed E-state index contributed by atoms with van der Waals surface area (Å²) in [6.45, 7) is 3.14. The fourth-order valence-corrected chi connectivity index (χ4v) is 4.12. The average Bonchev–Trinajstić information content (AvgIpc) is 3.38. The average molecular weight is 364 g/mol. The summed E-state index contributed by atoms with van der Waals surface area (Å²) in [6, 6.07) is 18.4. The zero-order valence-corrected chi connectivity index (χ0v) is 16.0. The molecule has 27 heavy (non-hydrogen) atoms. The maximum atomic E-state index is 13.3. The van der Waals surface area contributed by atoms with Gasteiger partial charge in [-0.1, -0.05) is 42.5 Å². The molecule has 2 aliphatic rings. The van der Waals surface area contributed by atoms with Crippen molar-refractivity contribution < 1.29 is 9.53 Å². The lowest BCUT2D eigenvalue weighted by atomic mass is 9.94. The van der Waals surface area contributed by atoms with Crippen LogP contribution in [0.15, 0.2) is 54.6 Å². The van der Waals surface area contributed by atoms with Crippen molar-refractivity contribution in [3.63, 3.8) is 0 Å². The molecule has 1 N–H and O–H groups in total. The van der Waals surface area contributed by atoms with Crippen molar-refractivity contribution in [1.82, 2.24) is 10.2 Å². The second-order valence-corrected chi connectivity index (χ2v) is 7.76. The van der Waals surface area contributed by atoms with Gasteiger partial charge in [-0.3, -0.25) is 4.79 Å². The molecule has 1 aliphatic heterocycles. The Labute approximate surface area is 161 Å². The second-order valence-electron chi connectivity index (χ2n) is 7.76. The van der Waals surface area contributed by atoms with Crippen LogP contribution in [0.1, 0.15) is 42.9 Å². The lowest BCUT2D eigenvalue weighted by Gasteiger charge is -2.27. The number of hydrogen-bond acceptors (Lipinski definition) is 3. The molecule has 0 unspecified atom stereocenters. The lowest BCUT2D eigenvalue weighted by Crippen LogP contribution is -2.41. The third-order valence-corrected chi connectivity index (χ3v) is 5.97. The number of methoxy groups -OCH3 is 1. The van der Waals surface area contributed by atoms with Crippen molar-refractivity contribution in [1.29, 1.82) is 0 Å². The van der Waals surface area contributed by atoms with Gasteiger partial charge in [-0.15, -0.1) is 0 Å². The van der Waals surface area contributed by atoms with Gasteiger partial charge in [0.15, 0.2) is 0 Å². The van der Waals surface area contributed by atoms with E-state index in [1.165, 1.54) is 18.4 Å². The minimum absolute atomic E-state index is 0.0347. The Balaban J connectivity index is 1.52. The molecular weight excluding hydrogens is 336 g/mol. The summed E-state index contributed by atoms with van der Waals surface area (Å²) in [5.74, 6) is 0.979. The van der Waals surface area contributed by atoms with Gasteiger partial charge >= 0.3 is 0 Å². The highest BCUT2D eigenvalue weighted by atomic mass is 16.5. The van der Waals surface area contributed by atoms with E-state index in [0.29, 0.717) is 0 Å². The van der Waals surface area contributed by atoms with E-state index in [1.807, 2.05) is 30.3 Å². The Bertz CT molecular complexity index is 763. The van der Waals surface area contributed by atoms with Crippen LogP contribution in [0.3, 0.4) is 0 Å². The summed E-state index contributed by atoms with van der Waals surface area (Å²) in [4.78, 5) is 15.7. The molecule has 1 atom stereocenters. The van der Waals surface area contributed by atoms with E-state index >= 15 is 0 Å². The first-order valence-electron chi connectivity index (χ1n) is 9.94. The van der Waals surface area contributed by atoms with Gasteiger partial charge in [0.05, 0.1) is 18.6 Å². The molecule has 2 aromatic rings. The highest BCUT2D eigenvalue weighted by Crippen LogP contribution is 2.49. The maximum absolute atomic E-state index is 13.3. The lowest BCUT2D eigenvalue weighted by molar-refractivity contribution is -0.124. The Hall–Kier alpha value is -2.33. The number of ether oxygens (including phenoxy) is 1. The Morgan fingerprint density at radius 3 is 2.33 bits per heavy atom. The highest BCUT2D eigenvalue weighted by molar-refractivity contribution is 5.91. The third kappa shape index (κ3) is 3.86. The zero-order chi connectivity index (χ0) is 18.7. The monoisotopic (exact) mass is 364 g/mol. The summed E-state index contributed by atoms with van der Waals surface area (Å²) >= 11 is 0. The minimum atomic E-state index is -0.371. The van der Waals surface area contributed by atoms with Gasteiger partial charge in [0.25, 0.3) is 0 Å². The maximum Gasteiger partial charge on any atom is 0.231 e. The van der Waals surface area contributed by atoms with Gasteiger partial charge in [0.1, 0.15) is 5.75 Å². The Morgan fingerprint density at radius 2 is 1.74 bits per heavy atom. The van der Waals surface area contributed by atoms with E-state index in [2.05, 4.69) is 34.5 Å². The van der Waals surface area contributed by atoms with Crippen LogP contribution in [-0.4, -0.2) is 37.6 Å². The first kappa shape index (κ1) is 18.1. The molecule has 4 rings (SSSR count). The molecule has 1 aliphatic carbocycles. The van der Waals surface area contributed by atoms with Crippen LogP contribution in [0, 0.1) is 0 Å². The largest absolute Gasteiger partial charge is 0.497 e. The summed E-state index contributed by atoms with van der Waals surface area (Å²) in [5.41, 5.74) is 1.90. The van der Waals surface area contributed by atoms with Crippen molar-refractivity contribution in [2.24, 2.45) is 0 Å². The van der Waals surface area contributed by atoms with E-state index in [9.17, 15) is 4.79 Å². The quantitative estimate of drug-likeness (QED) is 0.815. The van der Waals surface area contributed by atoms with E-state index in [-0.39, 0.29) is 17.4 Å². The molecule has 1 saturated carbocycles. The first-order chi connectivity index (χ1) is 13.2. The molecule has 2 fully saturated rings. The molecule has 0 radical (unpaired) electrons. The van der Waals surface area contributed by atoms with Crippen LogP contribution >= 0.6 is 0 Å². The number of benzene rings is 2. The van der Waals surface area contributed by atoms with E-state index in [1.54, 1.807) is 7.11 Å². The topological polar surface area (TPSA) is 41.6 Å². The van der Waals surface area contributed by atoms with Crippen molar-refractivity contribution in [3.05, 3.63) is 65.7 Å². The van der Waals surface area contributed by atoms with Gasteiger partial charge in [-0.2, -0.15) is 0 Å². The van der Waals surface area contributed by atoms with E-state index in [4.69, 9.17) is 4.74 Å². The van der Waals surface area contributed by atoms with Gasteiger partial charge in [0, 0.05) is 6.54 Å². The van der Waals surface area contributed by atoms with Crippen molar-refractivity contribution in [3.8, 4) is 5.75 Å². The predicted molar refractivity (Wildman–Crippen MR) is 107 cm³/mol. The van der Waals surface area contributed by atoms with Gasteiger partial charge in [-0.05, 0) is 62.0 Å². The molecule has 1 heterocycles. The van der Waals surface area contributed by atoms with Gasteiger partial charge in [-0.25, -0.2) is 0 Å². The standard InChI is InChI=1S/C23H28N2O2/c1-27-20-11-9-19(10-12-20)23(13-14-23)22(26)24-21(17-25-15-5-6-16-25)18-7-3-2-4-8-18/h2-4,7-12,21H,5-6,13-17H2,1H3,(H,24,26)/t21-/m1/s1. The summed E-state index contributed by atoms with van der Waals surface area (Å²) in [5, 5.41) is 3.38. The normalized spacial score (nSPS) is 19.4. The summed E-state index contributed by atoms with van der Waals surface area (Å²) < 4.78 is 5.25. The second kappa shape index (κ2) is 7.73. The van der Waals surface area contributed by atoms with E-state index in [0.717, 1.165) is 43.8 Å². The van der Waals surface area contributed by atoms with E-state index < -0.39 is 0 Å². The molecule has 0 aromatic heterocycles. The molecule has 0 spiro atoms. The van der Waals surface area contributed by atoms with Crippen molar-refractivity contribution in [2.75, 3.05) is 26.7 Å². The number of carbonyl (C=O) groups excluding carboxylic acids is 1. The predicted octanol–water partition coefficient (Wildman–Crippen LogP) is 3.68. The molecule has 4 nitrogen and oxygen atoms in total. The van der Waals surface area contributed by atoms with Gasteiger partial charge in [0.2, 0.25) is 5.91 Å². The molecule has 4 heteroatoms. The van der Waals surface area contributed by atoms with Crippen molar-refractivity contribution >= 4 is 5.91 Å². The summed E-state index contributed by atoms with van der Waals surface area (Å²) in [7, 11) is 1.66. The van der Waals surface area contributed by atoms with Crippen LogP contribution < -0.4 is 10.1 Å². The fraction of sp³-hybridized carbons (Fsp3) is 0.435. The third-order valence-electron chi connectivity index (χ3n) is 5.97. The number of nitrogens with one attached hydrogen (secondary N) is 1. The smallest absolute Gasteiger partial charge is 0.231 e. The fourth-order valence-electron chi connectivity index (χ4n) is 4.12. The SMILES string of the molecule is COc1ccc(C2(C(=O)N[C@H](CN3CCCC3)c3ccccc3)CC2)cc1. The number of rotatable bonds is 7. The molecule has 1 saturated heterocycles. The van der Waals surface area contributed by atoms with Crippen molar-refractivity contribution in [2.45, 2.75) is 37.1 Å². The van der Waals surface area contributed by atoms with Crippen LogP contribution in [0.5, 0.6) is 5.75 Å². The van der Waals surface area contributed by atoms with Crippen LogP contribution in [0.4, 0.5) is 0 Å². The summed E-state index contributed by atoms with van der Waals surface area (Å²) in [6.07, 6.45) is 4.34. The first-order valence-corrected chi connectivity index (χ1v) is 9.94. The zero-order valence-electron chi connectivity index (χ0n) is 16.0. The number of carbonyl (C=O) groups is 1. The minimum Gasteiger partial charge on any atom is -0.497 e. The highest BCUT2D eigenvalue weighted by Gasteiger charge is 2.51.